The van der Waals surface area contributed by atoms with Crippen LogP contribution >= 0.6 is 0 Å². The first kappa shape index (κ1) is 30.1. The fourth-order valence-electron chi connectivity index (χ4n) is 4.20. The second kappa shape index (κ2) is 19.4. The molecule has 3 heteroatoms. The first-order valence-corrected chi connectivity index (χ1v) is 13.8. The largest absolute Gasteiger partial charge is 0.379 e. The molecule has 2 aliphatic carbocycles. The van der Waals surface area contributed by atoms with Gasteiger partial charge < -0.3 is 14.2 Å². The Morgan fingerprint density at radius 2 is 0.970 bits per heavy atom. The van der Waals surface area contributed by atoms with Gasteiger partial charge in [0.25, 0.3) is 0 Å². The van der Waals surface area contributed by atoms with Crippen molar-refractivity contribution in [2.24, 2.45) is 11.8 Å². The van der Waals surface area contributed by atoms with Crippen LogP contribution in [0.3, 0.4) is 0 Å². The zero-order valence-corrected chi connectivity index (χ0v) is 22.7. The quantitative estimate of drug-likeness (QED) is 0.368. The SMILES string of the molecule is CC(C)OCC1CCCCC1.CC(C)OCC1CCCCC1.CC(C)OCc1ccccc1. The average molecular weight is 463 g/mol. The van der Waals surface area contributed by atoms with Gasteiger partial charge in [0.05, 0.1) is 24.9 Å². The molecule has 1 aromatic rings. The molecule has 2 saturated carbocycles. The van der Waals surface area contributed by atoms with Crippen LogP contribution in [0.5, 0.6) is 0 Å². The van der Waals surface area contributed by atoms with Crippen molar-refractivity contribution in [3.05, 3.63) is 35.9 Å². The van der Waals surface area contributed by atoms with Gasteiger partial charge in [-0.25, -0.2) is 0 Å². The minimum Gasteiger partial charge on any atom is -0.379 e. The lowest BCUT2D eigenvalue weighted by Crippen LogP contribution is -2.16. The highest BCUT2D eigenvalue weighted by molar-refractivity contribution is 5.13. The Morgan fingerprint density at radius 1 is 0.576 bits per heavy atom. The third-order valence-electron chi connectivity index (χ3n) is 6.21. The number of hydrogen-bond acceptors (Lipinski definition) is 3. The summed E-state index contributed by atoms with van der Waals surface area (Å²) in [7, 11) is 0. The minimum absolute atomic E-state index is 0.315. The van der Waals surface area contributed by atoms with Gasteiger partial charge in [0.2, 0.25) is 0 Å². The molecule has 0 atom stereocenters. The molecule has 0 bridgehead atoms. The molecule has 0 saturated heterocycles. The Hall–Kier alpha value is -0.900. The Balaban J connectivity index is 0.000000247. The summed E-state index contributed by atoms with van der Waals surface area (Å²) in [5.41, 5.74) is 1.24. The first-order valence-electron chi connectivity index (χ1n) is 13.8. The van der Waals surface area contributed by atoms with Crippen molar-refractivity contribution in [2.75, 3.05) is 13.2 Å². The van der Waals surface area contributed by atoms with Gasteiger partial charge >= 0.3 is 0 Å². The van der Waals surface area contributed by atoms with E-state index in [-0.39, 0.29) is 0 Å². The monoisotopic (exact) mass is 462 g/mol. The predicted octanol–water partition coefficient (Wildman–Crippen LogP) is 8.60. The van der Waals surface area contributed by atoms with Gasteiger partial charge in [-0.15, -0.1) is 0 Å². The van der Waals surface area contributed by atoms with Crippen molar-refractivity contribution in [1.82, 2.24) is 0 Å². The predicted molar refractivity (Wildman–Crippen MR) is 142 cm³/mol. The zero-order chi connectivity index (χ0) is 24.3. The number of rotatable bonds is 9. The second-order valence-electron chi connectivity index (χ2n) is 10.6. The molecule has 3 rings (SSSR count). The van der Waals surface area contributed by atoms with E-state index >= 15 is 0 Å². The van der Waals surface area contributed by atoms with Crippen molar-refractivity contribution < 1.29 is 14.2 Å². The average Bonchev–Trinajstić information content (AvgIpc) is 2.83. The number of hydrogen-bond donors (Lipinski definition) is 0. The van der Waals surface area contributed by atoms with E-state index in [0.717, 1.165) is 31.7 Å². The Bertz CT molecular complexity index is 503. The van der Waals surface area contributed by atoms with Gasteiger partial charge in [0.15, 0.2) is 0 Å². The Morgan fingerprint density at radius 3 is 1.33 bits per heavy atom. The fourth-order valence-corrected chi connectivity index (χ4v) is 4.20. The molecule has 0 aliphatic heterocycles. The van der Waals surface area contributed by atoms with Gasteiger partial charge in [-0.05, 0) is 84.6 Å². The van der Waals surface area contributed by atoms with E-state index < -0.39 is 0 Å². The molecule has 0 N–H and O–H groups in total. The lowest BCUT2D eigenvalue weighted by molar-refractivity contribution is 0.0412. The summed E-state index contributed by atoms with van der Waals surface area (Å²) in [5.74, 6) is 1.73. The van der Waals surface area contributed by atoms with Crippen LogP contribution in [-0.4, -0.2) is 31.5 Å². The molecule has 1 aromatic carbocycles. The Kier molecular flexibility index (Phi) is 17.7. The summed E-state index contributed by atoms with van der Waals surface area (Å²) in [5, 5.41) is 0. The fraction of sp³-hybridized carbons (Fsp3) is 0.800. The van der Waals surface area contributed by atoms with Crippen LogP contribution in [0.15, 0.2) is 30.3 Å². The summed E-state index contributed by atoms with van der Waals surface area (Å²) in [6.07, 6.45) is 15.3. The summed E-state index contributed by atoms with van der Waals surface area (Å²) in [6, 6.07) is 10.2. The maximum atomic E-state index is 5.58. The van der Waals surface area contributed by atoms with Gasteiger partial charge in [0.1, 0.15) is 0 Å². The highest BCUT2D eigenvalue weighted by Gasteiger charge is 2.14. The maximum absolute atomic E-state index is 5.58. The van der Waals surface area contributed by atoms with Crippen molar-refractivity contribution in [3.8, 4) is 0 Å². The van der Waals surface area contributed by atoms with Gasteiger partial charge in [-0.1, -0.05) is 68.9 Å². The van der Waals surface area contributed by atoms with Crippen molar-refractivity contribution >= 4 is 0 Å². The molecule has 0 heterocycles. The lowest BCUT2D eigenvalue weighted by atomic mass is 9.90. The molecule has 2 fully saturated rings. The summed E-state index contributed by atoms with van der Waals surface area (Å²) in [4.78, 5) is 0. The summed E-state index contributed by atoms with van der Waals surface area (Å²) in [6.45, 7) is 15.3. The van der Waals surface area contributed by atoms with E-state index in [1.807, 2.05) is 32.0 Å². The minimum atomic E-state index is 0.315. The van der Waals surface area contributed by atoms with Crippen LogP contribution in [0.25, 0.3) is 0 Å². The lowest BCUT2D eigenvalue weighted by Gasteiger charge is -2.22. The molecule has 192 valence electrons. The number of benzene rings is 1. The molecule has 3 nitrogen and oxygen atoms in total. The smallest absolute Gasteiger partial charge is 0.0720 e. The molecule has 2 aliphatic rings. The third-order valence-corrected chi connectivity index (χ3v) is 6.21. The van der Waals surface area contributed by atoms with Gasteiger partial charge in [-0.2, -0.15) is 0 Å². The van der Waals surface area contributed by atoms with Gasteiger partial charge in [0, 0.05) is 13.2 Å². The first-order chi connectivity index (χ1) is 15.9. The highest BCUT2D eigenvalue weighted by Crippen LogP contribution is 2.24. The second-order valence-corrected chi connectivity index (χ2v) is 10.6. The normalized spacial score (nSPS) is 17.5. The van der Waals surface area contributed by atoms with E-state index in [0.29, 0.717) is 18.3 Å². The summed E-state index contributed by atoms with van der Waals surface area (Å²) < 4.78 is 16.6. The molecule has 0 amide bonds. The highest BCUT2D eigenvalue weighted by atomic mass is 16.5. The van der Waals surface area contributed by atoms with E-state index in [1.165, 1.54) is 69.8 Å². The molecule has 0 unspecified atom stereocenters. The maximum Gasteiger partial charge on any atom is 0.0720 e. The van der Waals surface area contributed by atoms with E-state index in [2.05, 4.69) is 39.8 Å². The zero-order valence-electron chi connectivity index (χ0n) is 22.7. The number of ether oxygens (including phenoxy) is 3. The van der Waals surface area contributed by atoms with E-state index in [9.17, 15) is 0 Å². The molecule has 0 spiro atoms. The third kappa shape index (κ3) is 18.1. The van der Waals surface area contributed by atoms with Crippen molar-refractivity contribution in [2.45, 2.75) is 131 Å². The van der Waals surface area contributed by atoms with Crippen LogP contribution in [0.1, 0.15) is 111 Å². The van der Waals surface area contributed by atoms with Crippen LogP contribution < -0.4 is 0 Å². The van der Waals surface area contributed by atoms with Crippen LogP contribution in [0.4, 0.5) is 0 Å². The van der Waals surface area contributed by atoms with Crippen molar-refractivity contribution in [3.63, 3.8) is 0 Å². The molecular weight excluding hydrogens is 408 g/mol. The standard InChI is InChI=1S/2C10H20O.C10H14O/c3*1-9(2)11-8-10-6-4-3-5-7-10/h2*9-10H,3-8H2,1-2H3;3-7,9H,8H2,1-2H3. The molecule has 0 aromatic heterocycles. The van der Waals surface area contributed by atoms with E-state index in [4.69, 9.17) is 14.2 Å². The van der Waals surface area contributed by atoms with Gasteiger partial charge in [-0.3, -0.25) is 0 Å². The van der Waals surface area contributed by atoms with Crippen LogP contribution in [-0.2, 0) is 20.8 Å². The summed E-state index contributed by atoms with van der Waals surface area (Å²) >= 11 is 0. The van der Waals surface area contributed by atoms with Crippen molar-refractivity contribution in [1.29, 1.82) is 0 Å². The molecular formula is C30H54O3. The van der Waals surface area contributed by atoms with Crippen LogP contribution in [0, 0.1) is 11.8 Å². The molecule has 0 radical (unpaired) electrons. The molecule has 33 heavy (non-hydrogen) atoms. The Labute approximate surface area is 206 Å². The topological polar surface area (TPSA) is 27.7 Å². The van der Waals surface area contributed by atoms with Crippen LogP contribution in [0.2, 0.25) is 0 Å². The van der Waals surface area contributed by atoms with E-state index in [1.54, 1.807) is 0 Å².